The summed E-state index contributed by atoms with van der Waals surface area (Å²) >= 11 is 0. The minimum Gasteiger partial charge on any atom is -0.503 e. The number of methoxy groups -OCH3 is 2. The summed E-state index contributed by atoms with van der Waals surface area (Å²) in [4.78, 5) is 29.6. The van der Waals surface area contributed by atoms with Crippen LogP contribution in [-0.2, 0) is 9.59 Å². The van der Waals surface area contributed by atoms with Crippen molar-refractivity contribution >= 4 is 17.8 Å². The molecule has 32 heavy (non-hydrogen) atoms. The van der Waals surface area contributed by atoms with E-state index in [9.17, 15) is 14.7 Å². The largest absolute Gasteiger partial charge is 0.503 e. The number of carbonyl (C=O) groups excluding carboxylic acids is 2. The van der Waals surface area contributed by atoms with Crippen molar-refractivity contribution in [3.05, 3.63) is 65.3 Å². The topological polar surface area (TPSA) is 92.5 Å². The molecule has 1 atom stereocenters. The van der Waals surface area contributed by atoms with Crippen LogP contribution < -0.4 is 9.47 Å². The Morgan fingerprint density at radius 2 is 1.97 bits per heavy atom. The Morgan fingerprint density at radius 3 is 2.59 bits per heavy atom. The molecule has 1 unspecified atom stereocenters. The minimum atomic E-state index is -0.752. The summed E-state index contributed by atoms with van der Waals surface area (Å²) in [6.45, 7) is 1.13. The fourth-order valence-electron chi connectivity index (χ4n) is 3.70. The highest BCUT2D eigenvalue weighted by Crippen LogP contribution is 2.41. The van der Waals surface area contributed by atoms with Crippen LogP contribution in [0.4, 0.5) is 0 Å². The molecule has 0 spiro atoms. The molecule has 0 aliphatic carbocycles. The molecule has 8 heteroatoms. The number of aliphatic hydroxyl groups is 1. The van der Waals surface area contributed by atoms with Gasteiger partial charge in [-0.1, -0.05) is 6.07 Å². The number of furan rings is 1. The lowest BCUT2D eigenvalue weighted by atomic mass is 9.95. The molecule has 1 aliphatic rings. The maximum atomic E-state index is 13.1. The van der Waals surface area contributed by atoms with Crippen molar-refractivity contribution in [2.45, 2.75) is 12.5 Å². The average Bonchev–Trinajstić information content (AvgIpc) is 3.39. The zero-order valence-corrected chi connectivity index (χ0v) is 18.7. The standard InChI is InChI=1S/C24H28N2O6/c1-25(2)12-6-13-26-22(16-8-11-19(30-3)20(15-16)31-4)21(23(28)24(26)29)18(27)10-9-17-7-5-14-32-17/h5,7-11,14-15,22,28H,6,12-13H2,1-4H3/b10-9+. The Balaban J connectivity index is 2.00. The highest BCUT2D eigenvalue weighted by atomic mass is 16.5. The van der Waals surface area contributed by atoms with Crippen molar-refractivity contribution < 1.29 is 28.6 Å². The van der Waals surface area contributed by atoms with E-state index in [0.717, 1.165) is 6.54 Å². The number of nitrogens with zero attached hydrogens (tertiary/aromatic N) is 2. The first-order chi connectivity index (χ1) is 15.4. The third-order valence-electron chi connectivity index (χ3n) is 5.24. The smallest absolute Gasteiger partial charge is 0.290 e. The van der Waals surface area contributed by atoms with Gasteiger partial charge < -0.3 is 28.8 Å². The van der Waals surface area contributed by atoms with Gasteiger partial charge in [0.25, 0.3) is 5.91 Å². The summed E-state index contributed by atoms with van der Waals surface area (Å²) in [6.07, 6.45) is 4.99. The number of ketones is 1. The van der Waals surface area contributed by atoms with Crippen LogP contribution in [0.15, 0.2) is 58.4 Å². The van der Waals surface area contributed by atoms with Gasteiger partial charge in [-0.2, -0.15) is 0 Å². The maximum Gasteiger partial charge on any atom is 0.290 e. The van der Waals surface area contributed by atoms with Crippen molar-refractivity contribution in [2.24, 2.45) is 0 Å². The third-order valence-corrected chi connectivity index (χ3v) is 5.24. The number of carbonyl (C=O) groups is 2. The van der Waals surface area contributed by atoms with Gasteiger partial charge in [0.15, 0.2) is 23.0 Å². The Labute approximate surface area is 187 Å². The zero-order valence-electron chi connectivity index (χ0n) is 18.7. The second-order valence-electron chi connectivity index (χ2n) is 7.65. The molecule has 0 fully saturated rings. The number of amides is 1. The van der Waals surface area contributed by atoms with Gasteiger partial charge in [0.05, 0.1) is 32.1 Å². The SMILES string of the molecule is COc1ccc(C2C(C(=O)/C=C/c3ccco3)=C(O)C(=O)N2CCCN(C)C)cc1OC. The summed E-state index contributed by atoms with van der Waals surface area (Å²) in [6, 6.07) is 7.86. The lowest BCUT2D eigenvalue weighted by Crippen LogP contribution is -2.33. The van der Waals surface area contributed by atoms with Gasteiger partial charge in [-0.15, -0.1) is 0 Å². The first-order valence-corrected chi connectivity index (χ1v) is 10.2. The van der Waals surface area contributed by atoms with Crippen molar-refractivity contribution in [3.63, 3.8) is 0 Å². The quantitative estimate of drug-likeness (QED) is 0.567. The highest BCUT2D eigenvalue weighted by Gasteiger charge is 2.42. The van der Waals surface area contributed by atoms with Crippen LogP contribution in [0.5, 0.6) is 11.5 Å². The Morgan fingerprint density at radius 1 is 1.22 bits per heavy atom. The molecule has 3 rings (SSSR count). The number of aliphatic hydroxyl groups excluding tert-OH is 1. The first kappa shape index (κ1) is 23.1. The summed E-state index contributed by atoms with van der Waals surface area (Å²) < 4.78 is 15.9. The second kappa shape index (κ2) is 10.2. The van der Waals surface area contributed by atoms with E-state index in [2.05, 4.69) is 0 Å². The number of rotatable bonds is 10. The molecule has 170 valence electrons. The molecular formula is C24H28N2O6. The van der Waals surface area contributed by atoms with Gasteiger partial charge in [-0.3, -0.25) is 9.59 Å². The average molecular weight is 440 g/mol. The van der Waals surface area contributed by atoms with E-state index in [-0.39, 0.29) is 5.57 Å². The van der Waals surface area contributed by atoms with Crippen LogP contribution in [0, 0.1) is 0 Å². The molecular weight excluding hydrogens is 412 g/mol. The highest BCUT2D eigenvalue weighted by molar-refractivity contribution is 6.14. The monoisotopic (exact) mass is 440 g/mol. The van der Waals surface area contributed by atoms with Crippen LogP contribution in [0.1, 0.15) is 23.8 Å². The van der Waals surface area contributed by atoms with Crippen LogP contribution >= 0.6 is 0 Å². The van der Waals surface area contributed by atoms with Crippen LogP contribution in [0.2, 0.25) is 0 Å². The van der Waals surface area contributed by atoms with Crippen molar-refractivity contribution in [1.29, 1.82) is 0 Å². The Bertz CT molecular complexity index is 1020. The zero-order chi connectivity index (χ0) is 23.3. The van der Waals surface area contributed by atoms with Gasteiger partial charge in [0.2, 0.25) is 0 Å². The van der Waals surface area contributed by atoms with Gasteiger partial charge in [0, 0.05) is 6.54 Å². The number of allylic oxidation sites excluding steroid dienone is 1. The van der Waals surface area contributed by atoms with Crippen molar-refractivity contribution in [1.82, 2.24) is 9.80 Å². The molecule has 8 nitrogen and oxygen atoms in total. The summed E-state index contributed by atoms with van der Waals surface area (Å²) in [5.74, 6) is -0.0917. The third kappa shape index (κ3) is 4.86. The van der Waals surface area contributed by atoms with Crippen LogP contribution in [0.25, 0.3) is 6.08 Å². The number of hydrogen-bond donors (Lipinski definition) is 1. The molecule has 1 N–H and O–H groups in total. The summed E-state index contributed by atoms with van der Waals surface area (Å²) in [5, 5.41) is 10.7. The van der Waals surface area contributed by atoms with Gasteiger partial charge in [-0.05, 0) is 69.0 Å². The fourth-order valence-corrected chi connectivity index (χ4v) is 3.70. The van der Waals surface area contributed by atoms with E-state index >= 15 is 0 Å². The molecule has 1 amide bonds. The van der Waals surface area contributed by atoms with Crippen molar-refractivity contribution in [3.8, 4) is 11.5 Å². The van der Waals surface area contributed by atoms with Crippen molar-refractivity contribution in [2.75, 3.05) is 41.4 Å². The van der Waals surface area contributed by atoms with E-state index in [1.165, 1.54) is 37.5 Å². The van der Waals surface area contributed by atoms with Crippen LogP contribution in [0.3, 0.4) is 0 Å². The number of benzene rings is 1. The van der Waals surface area contributed by atoms with E-state index in [0.29, 0.717) is 35.8 Å². The van der Waals surface area contributed by atoms with E-state index < -0.39 is 23.5 Å². The predicted molar refractivity (Wildman–Crippen MR) is 120 cm³/mol. The molecule has 2 heterocycles. The first-order valence-electron chi connectivity index (χ1n) is 10.2. The molecule has 2 aromatic rings. The second-order valence-corrected chi connectivity index (χ2v) is 7.65. The minimum absolute atomic E-state index is 0.0230. The van der Waals surface area contributed by atoms with Gasteiger partial charge in [-0.25, -0.2) is 0 Å². The lowest BCUT2D eigenvalue weighted by molar-refractivity contribution is -0.129. The molecule has 1 aromatic carbocycles. The molecule has 1 aromatic heterocycles. The molecule has 1 aliphatic heterocycles. The number of hydrogen-bond acceptors (Lipinski definition) is 7. The van der Waals surface area contributed by atoms with E-state index in [4.69, 9.17) is 13.9 Å². The molecule has 0 radical (unpaired) electrons. The summed E-state index contributed by atoms with van der Waals surface area (Å²) in [7, 11) is 6.94. The molecule has 0 saturated heterocycles. The lowest BCUT2D eigenvalue weighted by Gasteiger charge is -2.27. The normalized spacial score (nSPS) is 16.5. The maximum absolute atomic E-state index is 13.1. The summed E-state index contributed by atoms with van der Waals surface area (Å²) in [5.41, 5.74) is 0.662. The fraction of sp³-hybridized carbons (Fsp3) is 0.333. The van der Waals surface area contributed by atoms with E-state index in [1.54, 1.807) is 30.3 Å². The van der Waals surface area contributed by atoms with Crippen LogP contribution in [-0.4, -0.2) is 68.0 Å². The Kier molecular flexibility index (Phi) is 7.37. The molecule has 0 saturated carbocycles. The molecule has 0 bridgehead atoms. The van der Waals surface area contributed by atoms with E-state index in [1.807, 2.05) is 19.0 Å². The predicted octanol–water partition coefficient (Wildman–Crippen LogP) is 3.23. The van der Waals surface area contributed by atoms with Gasteiger partial charge >= 0.3 is 0 Å². The van der Waals surface area contributed by atoms with Gasteiger partial charge in [0.1, 0.15) is 5.76 Å². The number of ether oxygens (including phenoxy) is 2. The Hall–Kier alpha value is -3.52.